The number of anilines is 1. The molecule has 0 fully saturated rings. The lowest BCUT2D eigenvalue weighted by Crippen LogP contribution is -1.98. The third kappa shape index (κ3) is 3.37. The molecule has 1 heterocycles. The zero-order valence-corrected chi connectivity index (χ0v) is 13.8. The summed E-state index contributed by atoms with van der Waals surface area (Å²) >= 11 is 6.14. The summed E-state index contributed by atoms with van der Waals surface area (Å²) in [6.45, 7) is 0. The molecule has 0 aliphatic rings. The van der Waals surface area contributed by atoms with Crippen LogP contribution in [0.5, 0.6) is 5.75 Å². The number of halogens is 1. The van der Waals surface area contributed by atoms with Crippen LogP contribution >= 0.6 is 11.6 Å². The highest BCUT2D eigenvalue weighted by Crippen LogP contribution is 2.26. The van der Waals surface area contributed by atoms with Crippen molar-refractivity contribution >= 4 is 28.3 Å². The summed E-state index contributed by atoms with van der Waals surface area (Å²) < 4.78 is 5.13. The van der Waals surface area contributed by atoms with E-state index in [0.717, 1.165) is 0 Å². The molecule has 8 heteroatoms. The lowest BCUT2D eigenvalue weighted by atomic mass is 10.2. The van der Waals surface area contributed by atoms with Crippen LogP contribution in [0.1, 0.15) is 0 Å². The van der Waals surface area contributed by atoms with E-state index in [0.29, 0.717) is 33.2 Å². The molecule has 1 aromatic heterocycles. The van der Waals surface area contributed by atoms with Gasteiger partial charge in [0.25, 0.3) is 0 Å². The molecule has 0 aliphatic carbocycles. The standard InChI is InChI=1S/C17H11ClN6O/c1-25-17-5-3-13(7-14(17)18)24-22-15-4-2-12(6-16(15)23-24)21-10-11(8-19)9-20/h2-7,10,21H,1H3. The molecule has 0 saturated carbocycles. The Morgan fingerprint density at radius 3 is 2.60 bits per heavy atom. The van der Waals surface area contributed by atoms with E-state index < -0.39 is 0 Å². The number of aromatic nitrogens is 3. The van der Waals surface area contributed by atoms with Crippen LogP contribution in [0.3, 0.4) is 0 Å². The Morgan fingerprint density at radius 2 is 1.92 bits per heavy atom. The van der Waals surface area contributed by atoms with Crippen molar-refractivity contribution in [3.05, 3.63) is 53.2 Å². The Hall–Kier alpha value is -3.55. The SMILES string of the molecule is COc1ccc(-n2nc3ccc(NC=C(C#N)C#N)cc3n2)cc1Cl. The first-order chi connectivity index (χ1) is 12.1. The van der Waals surface area contributed by atoms with Gasteiger partial charge in [-0.1, -0.05) is 11.6 Å². The van der Waals surface area contributed by atoms with Crippen LogP contribution in [-0.2, 0) is 0 Å². The van der Waals surface area contributed by atoms with Gasteiger partial charge in [0.1, 0.15) is 34.5 Å². The van der Waals surface area contributed by atoms with Crippen molar-refractivity contribution in [2.24, 2.45) is 0 Å². The first-order valence-electron chi connectivity index (χ1n) is 7.12. The number of fused-ring (bicyclic) bond motifs is 1. The van der Waals surface area contributed by atoms with E-state index in [1.807, 2.05) is 0 Å². The normalized spacial score (nSPS) is 9.92. The van der Waals surface area contributed by atoms with Gasteiger partial charge in [0.15, 0.2) is 0 Å². The van der Waals surface area contributed by atoms with E-state index in [4.69, 9.17) is 26.9 Å². The molecular formula is C17H11ClN6O. The fourth-order valence-corrected chi connectivity index (χ4v) is 2.40. The van der Waals surface area contributed by atoms with E-state index in [9.17, 15) is 0 Å². The highest BCUT2D eigenvalue weighted by atomic mass is 35.5. The molecular weight excluding hydrogens is 340 g/mol. The van der Waals surface area contributed by atoms with Gasteiger partial charge in [0, 0.05) is 11.9 Å². The zero-order chi connectivity index (χ0) is 17.8. The maximum absolute atomic E-state index is 8.74. The van der Waals surface area contributed by atoms with Crippen LogP contribution in [0.15, 0.2) is 48.2 Å². The number of allylic oxidation sites excluding steroid dienone is 1. The van der Waals surface area contributed by atoms with E-state index >= 15 is 0 Å². The lowest BCUT2D eigenvalue weighted by Gasteiger charge is -2.04. The molecule has 1 N–H and O–H groups in total. The van der Waals surface area contributed by atoms with Crippen LogP contribution in [0.4, 0.5) is 5.69 Å². The molecule has 0 radical (unpaired) electrons. The molecule has 3 aromatic rings. The topological polar surface area (TPSA) is 99.5 Å². The second-order valence-corrected chi connectivity index (χ2v) is 5.34. The van der Waals surface area contributed by atoms with Crippen LogP contribution in [0, 0.1) is 22.7 Å². The highest BCUT2D eigenvalue weighted by Gasteiger charge is 2.08. The summed E-state index contributed by atoms with van der Waals surface area (Å²) in [5.41, 5.74) is 2.72. The number of nitrogens with zero attached hydrogens (tertiary/aromatic N) is 5. The third-order valence-electron chi connectivity index (χ3n) is 3.37. The summed E-state index contributed by atoms with van der Waals surface area (Å²) in [5.74, 6) is 0.575. The van der Waals surface area contributed by atoms with Crippen molar-refractivity contribution in [2.45, 2.75) is 0 Å². The smallest absolute Gasteiger partial charge is 0.145 e. The van der Waals surface area contributed by atoms with E-state index in [1.165, 1.54) is 11.0 Å². The minimum Gasteiger partial charge on any atom is -0.495 e. The number of rotatable bonds is 4. The molecule has 2 aromatic carbocycles. The monoisotopic (exact) mass is 350 g/mol. The van der Waals surface area contributed by atoms with Gasteiger partial charge in [-0.2, -0.15) is 15.3 Å². The van der Waals surface area contributed by atoms with E-state index in [-0.39, 0.29) is 5.57 Å². The van der Waals surface area contributed by atoms with Crippen molar-refractivity contribution < 1.29 is 4.74 Å². The zero-order valence-electron chi connectivity index (χ0n) is 13.1. The predicted molar refractivity (Wildman–Crippen MR) is 93.4 cm³/mol. The van der Waals surface area contributed by atoms with Crippen LogP contribution in [0.25, 0.3) is 16.7 Å². The van der Waals surface area contributed by atoms with Gasteiger partial charge >= 0.3 is 0 Å². The minimum absolute atomic E-state index is 0.0170. The number of hydrogen-bond donors (Lipinski definition) is 1. The number of methoxy groups -OCH3 is 1. The van der Waals surface area contributed by atoms with Crippen molar-refractivity contribution in [3.8, 4) is 23.6 Å². The van der Waals surface area contributed by atoms with Crippen molar-refractivity contribution in [1.29, 1.82) is 10.5 Å². The van der Waals surface area contributed by atoms with Crippen LogP contribution in [0.2, 0.25) is 5.02 Å². The summed E-state index contributed by atoms with van der Waals surface area (Å²) in [4.78, 5) is 1.48. The highest BCUT2D eigenvalue weighted by molar-refractivity contribution is 6.32. The van der Waals surface area contributed by atoms with Gasteiger partial charge in [-0.15, -0.1) is 10.2 Å². The third-order valence-corrected chi connectivity index (χ3v) is 3.67. The minimum atomic E-state index is -0.0170. The fraction of sp³-hybridized carbons (Fsp3) is 0.0588. The number of nitriles is 2. The molecule has 3 rings (SSSR count). The quantitative estimate of drug-likeness (QED) is 0.723. The van der Waals surface area contributed by atoms with Crippen molar-refractivity contribution in [3.63, 3.8) is 0 Å². The van der Waals surface area contributed by atoms with Gasteiger partial charge in [-0.25, -0.2) is 0 Å². The molecule has 122 valence electrons. The Balaban J connectivity index is 1.93. The van der Waals surface area contributed by atoms with E-state index in [1.54, 1.807) is 55.6 Å². The Bertz CT molecular complexity index is 1040. The molecule has 0 bridgehead atoms. The molecule has 0 amide bonds. The summed E-state index contributed by atoms with van der Waals surface area (Å²) in [6.07, 6.45) is 1.34. The first-order valence-corrected chi connectivity index (χ1v) is 7.50. The average molecular weight is 351 g/mol. The fourth-order valence-electron chi connectivity index (χ4n) is 2.14. The predicted octanol–water partition coefficient (Wildman–Crippen LogP) is 3.43. The van der Waals surface area contributed by atoms with Crippen molar-refractivity contribution in [1.82, 2.24) is 15.0 Å². The maximum atomic E-state index is 8.74. The molecule has 0 atom stereocenters. The van der Waals surface area contributed by atoms with Crippen molar-refractivity contribution in [2.75, 3.05) is 12.4 Å². The summed E-state index contributed by atoms with van der Waals surface area (Å²) in [5, 5.41) is 29.7. The average Bonchev–Trinajstić information content (AvgIpc) is 3.06. The summed E-state index contributed by atoms with van der Waals surface area (Å²) in [7, 11) is 1.55. The largest absolute Gasteiger partial charge is 0.495 e. The van der Waals surface area contributed by atoms with Gasteiger partial charge in [0.05, 0.1) is 17.8 Å². The molecule has 0 saturated heterocycles. The van der Waals surface area contributed by atoms with Crippen LogP contribution < -0.4 is 10.1 Å². The Morgan fingerprint density at radius 1 is 1.16 bits per heavy atom. The maximum Gasteiger partial charge on any atom is 0.145 e. The molecule has 7 nitrogen and oxygen atoms in total. The van der Waals surface area contributed by atoms with E-state index in [2.05, 4.69) is 15.5 Å². The second-order valence-electron chi connectivity index (χ2n) is 4.94. The molecule has 0 unspecified atom stereocenters. The van der Waals surface area contributed by atoms with Gasteiger partial charge in [-0.05, 0) is 36.4 Å². The molecule has 0 spiro atoms. The Kier molecular flexibility index (Phi) is 4.51. The number of hydrogen-bond acceptors (Lipinski definition) is 6. The van der Waals surface area contributed by atoms with Gasteiger partial charge in [-0.3, -0.25) is 0 Å². The molecule has 0 aliphatic heterocycles. The Labute approximate surface area is 148 Å². The first kappa shape index (κ1) is 16.3. The summed E-state index contributed by atoms with van der Waals surface area (Å²) in [6, 6.07) is 14.2. The van der Waals surface area contributed by atoms with Gasteiger partial charge in [0.2, 0.25) is 0 Å². The lowest BCUT2D eigenvalue weighted by molar-refractivity contribution is 0.415. The number of ether oxygens (including phenoxy) is 1. The number of benzene rings is 2. The number of nitrogens with one attached hydrogen (secondary N) is 1. The van der Waals surface area contributed by atoms with Crippen LogP contribution in [-0.4, -0.2) is 22.1 Å². The second kappa shape index (κ2) is 6.91. The molecule has 25 heavy (non-hydrogen) atoms. The van der Waals surface area contributed by atoms with Gasteiger partial charge < -0.3 is 10.1 Å².